The smallest absolute Gasteiger partial charge is 0.403 e. The Morgan fingerprint density at radius 1 is 0.968 bits per heavy atom. The van der Waals surface area contributed by atoms with E-state index in [1.54, 1.807) is 11.6 Å². The van der Waals surface area contributed by atoms with Gasteiger partial charge in [0.2, 0.25) is 0 Å². The predicted octanol–water partition coefficient (Wildman–Crippen LogP) is 2.72. The number of nitrogens with one attached hydrogen (secondary N) is 1. The van der Waals surface area contributed by atoms with E-state index in [1.165, 1.54) is 0 Å². The summed E-state index contributed by atoms with van der Waals surface area (Å²) in [5.41, 5.74) is 0.683. The maximum absolute atomic E-state index is 12.6. The summed E-state index contributed by atoms with van der Waals surface area (Å²) in [6.07, 6.45) is -0.720. The molecule has 0 fully saturated rings. The molecule has 0 bridgehead atoms. The molecule has 3 N–H and O–H groups in total. The predicted molar refractivity (Wildman–Crippen MR) is 119 cm³/mol. The largest absolute Gasteiger partial charge is 0.511 e. The van der Waals surface area contributed by atoms with Crippen molar-refractivity contribution >= 4 is 28.7 Å². The monoisotopic (exact) mass is 474 g/mol. The number of halogens is 3. The fourth-order valence-corrected chi connectivity index (χ4v) is 8.83. The molecular formula is C21H29F3N2O3SSi. The maximum atomic E-state index is 12.6. The van der Waals surface area contributed by atoms with Gasteiger partial charge in [-0.05, 0) is 22.3 Å². The summed E-state index contributed by atoms with van der Waals surface area (Å²) in [6, 6.07) is 18.4. The van der Waals surface area contributed by atoms with Crippen molar-refractivity contribution in [3.05, 3.63) is 60.7 Å². The molecule has 2 rings (SSSR count). The molecule has 31 heavy (non-hydrogen) atoms. The van der Waals surface area contributed by atoms with Crippen LogP contribution in [-0.4, -0.2) is 40.9 Å². The van der Waals surface area contributed by atoms with Crippen LogP contribution in [-0.2, 0) is 14.4 Å². The maximum Gasteiger partial charge on any atom is 0.511 e. The van der Waals surface area contributed by atoms with Crippen molar-refractivity contribution in [2.45, 2.75) is 50.4 Å². The summed E-state index contributed by atoms with van der Waals surface area (Å²) in [7, 11) is -8.44. The molecule has 5 nitrogen and oxygen atoms in total. The number of sulfonamides is 1. The summed E-state index contributed by atoms with van der Waals surface area (Å²) in [6.45, 7) is 7.24. The van der Waals surface area contributed by atoms with E-state index in [-0.39, 0.29) is 5.04 Å². The molecule has 2 aromatic carbocycles. The van der Waals surface area contributed by atoms with Gasteiger partial charge in [0.05, 0.1) is 6.10 Å². The van der Waals surface area contributed by atoms with Gasteiger partial charge in [-0.3, -0.25) is 0 Å². The van der Waals surface area contributed by atoms with Crippen molar-refractivity contribution in [3.63, 3.8) is 0 Å². The van der Waals surface area contributed by atoms with Crippen molar-refractivity contribution in [3.8, 4) is 0 Å². The van der Waals surface area contributed by atoms with Crippen LogP contribution in [0.15, 0.2) is 60.7 Å². The Labute approximate surface area is 183 Å². The second kappa shape index (κ2) is 9.41. The first kappa shape index (κ1) is 25.5. The Hall–Kier alpha value is -1.72. The molecule has 0 heterocycles. The lowest BCUT2D eigenvalue weighted by Gasteiger charge is -2.45. The number of rotatable bonds is 8. The number of hydrogen-bond donors (Lipinski definition) is 2. The van der Waals surface area contributed by atoms with Crippen LogP contribution in [0.5, 0.6) is 0 Å². The minimum Gasteiger partial charge on any atom is -0.403 e. The lowest BCUT2D eigenvalue weighted by Crippen LogP contribution is -2.69. The average molecular weight is 475 g/mol. The molecule has 0 saturated heterocycles. The van der Waals surface area contributed by atoms with Crippen molar-refractivity contribution in [2.24, 2.45) is 5.73 Å². The molecule has 0 unspecified atom stereocenters. The van der Waals surface area contributed by atoms with Crippen LogP contribution in [0.4, 0.5) is 13.2 Å². The molecule has 0 spiro atoms. The fourth-order valence-electron chi connectivity index (χ4n) is 3.51. The Kier molecular flexibility index (Phi) is 7.75. The highest BCUT2D eigenvalue weighted by atomic mass is 32.2. The number of hydrogen-bond acceptors (Lipinski definition) is 4. The zero-order valence-corrected chi connectivity index (χ0v) is 19.8. The zero-order valence-electron chi connectivity index (χ0n) is 18.0. The lowest BCUT2D eigenvalue weighted by molar-refractivity contribution is -0.0448. The lowest BCUT2D eigenvalue weighted by atomic mass is 10.2. The highest BCUT2D eigenvalue weighted by Crippen LogP contribution is 2.37. The highest BCUT2D eigenvalue weighted by Gasteiger charge is 2.51. The van der Waals surface area contributed by atoms with Crippen LogP contribution >= 0.6 is 0 Å². The van der Waals surface area contributed by atoms with E-state index in [0.29, 0.717) is 0 Å². The van der Waals surface area contributed by atoms with E-state index in [4.69, 9.17) is 10.2 Å². The molecule has 0 amide bonds. The topological polar surface area (TPSA) is 81.4 Å². The van der Waals surface area contributed by atoms with Gasteiger partial charge >= 0.3 is 15.5 Å². The quantitative estimate of drug-likeness (QED) is 0.577. The van der Waals surface area contributed by atoms with E-state index < -0.39 is 42.5 Å². The number of nitrogens with two attached hydrogens (primary N) is 1. The zero-order chi connectivity index (χ0) is 23.5. The molecule has 0 aliphatic heterocycles. The highest BCUT2D eigenvalue weighted by molar-refractivity contribution is 7.90. The Morgan fingerprint density at radius 3 is 1.74 bits per heavy atom. The van der Waals surface area contributed by atoms with Crippen LogP contribution in [0.1, 0.15) is 27.7 Å². The molecule has 0 radical (unpaired) electrons. The molecule has 2 aromatic rings. The SMILES string of the molecule is C[C@@H](O[Si](c1ccccc1)(c1ccccc1)C(C)(C)C)[C@H](N)CNS(=O)(=O)C(F)(F)F. The molecule has 172 valence electrons. The van der Waals surface area contributed by atoms with Gasteiger partial charge < -0.3 is 10.2 Å². The van der Waals surface area contributed by atoms with E-state index in [1.807, 2.05) is 60.7 Å². The summed E-state index contributed by atoms with van der Waals surface area (Å²) >= 11 is 0. The first-order valence-corrected chi connectivity index (χ1v) is 13.2. The van der Waals surface area contributed by atoms with Crippen LogP contribution in [0, 0.1) is 0 Å². The van der Waals surface area contributed by atoms with Crippen LogP contribution in [0.3, 0.4) is 0 Å². The minimum atomic E-state index is -5.48. The van der Waals surface area contributed by atoms with E-state index in [0.717, 1.165) is 10.4 Å². The van der Waals surface area contributed by atoms with Crippen molar-refractivity contribution in [2.75, 3.05) is 6.54 Å². The summed E-state index contributed by atoms with van der Waals surface area (Å²) < 4.78 is 68.8. The molecule has 2 atom stereocenters. The summed E-state index contributed by atoms with van der Waals surface area (Å²) in [4.78, 5) is 0. The summed E-state index contributed by atoms with van der Waals surface area (Å²) in [5.74, 6) is 0. The van der Waals surface area contributed by atoms with Gasteiger partial charge in [0, 0.05) is 12.6 Å². The fraction of sp³-hybridized carbons (Fsp3) is 0.429. The van der Waals surface area contributed by atoms with Gasteiger partial charge in [0.1, 0.15) is 0 Å². The van der Waals surface area contributed by atoms with Crippen molar-refractivity contribution < 1.29 is 26.0 Å². The molecule has 0 saturated carbocycles. The van der Waals surface area contributed by atoms with Gasteiger partial charge in [-0.1, -0.05) is 81.4 Å². The third-order valence-electron chi connectivity index (χ3n) is 5.20. The first-order valence-electron chi connectivity index (χ1n) is 9.83. The number of alkyl halides is 3. The minimum absolute atomic E-state index is 0.352. The molecular weight excluding hydrogens is 445 g/mol. The second-order valence-corrected chi connectivity index (χ2v) is 14.5. The Bertz CT molecular complexity index is 910. The van der Waals surface area contributed by atoms with E-state index in [9.17, 15) is 21.6 Å². The summed E-state index contributed by atoms with van der Waals surface area (Å²) in [5, 5.41) is 1.63. The number of benzene rings is 2. The molecule has 10 heteroatoms. The standard InChI is InChI=1S/C21H29F3N2O3SSi/c1-16(19(25)15-26-30(27,28)21(22,23)24)29-31(20(2,3)4,17-11-7-5-8-12-17)18-13-9-6-10-14-18/h5-14,16,19,26H,15,25H2,1-4H3/t16-,19-/m1/s1. The third-order valence-corrected chi connectivity index (χ3v) is 11.5. The van der Waals surface area contributed by atoms with Gasteiger partial charge in [-0.15, -0.1) is 0 Å². The molecule has 0 aliphatic rings. The van der Waals surface area contributed by atoms with Crippen LogP contribution in [0.2, 0.25) is 5.04 Å². The van der Waals surface area contributed by atoms with Gasteiger partial charge in [0.25, 0.3) is 8.32 Å². The van der Waals surface area contributed by atoms with Crippen molar-refractivity contribution in [1.29, 1.82) is 0 Å². The van der Waals surface area contributed by atoms with Gasteiger partial charge in [-0.25, -0.2) is 13.1 Å². The van der Waals surface area contributed by atoms with Gasteiger partial charge in [-0.2, -0.15) is 13.2 Å². The Morgan fingerprint density at radius 2 is 1.39 bits per heavy atom. The Balaban J connectivity index is 2.42. The van der Waals surface area contributed by atoms with Gasteiger partial charge in [0.15, 0.2) is 0 Å². The average Bonchev–Trinajstić information content (AvgIpc) is 2.69. The van der Waals surface area contributed by atoms with Crippen LogP contribution in [0.25, 0.3) is 0 Å². The van der Waals surface area contributed by atoms with E-state index >= 15 is 0 Å². The second-order valence-electron chi connectivity index (χ2n) is 8.45. The van der Waals surface area contributed by atoms with Crippen LogP contribution < -0.4 is 20.8 Å². The van der Waals surface area contributed by atoms with Crippen molar-refractivity contribution in [1.82, 2.24) is 4.72 Å². The molecule has 0 aliphatic carbocycles. The normalized spacial score (nSPS) is 15.5. The molecule has 0 aromatic heterocycles. The third kappa shape index (κ3) is 5.56. The first-order chi connectivity index (χ1) is 14.2. The van der Waals surface area contributed by atoms with E-state index in [2.05, 4.69) is 20.8 Å².